The highest BCUT2D eigenvalue weighted by Crippen LogP contribution is 2.35. The van der Waals surface area contributed by atoms with Gasteiger partial charge in [-0.3, -0.25) is 24.8 Å². The van der Waals surface area contributed by atoms with E-state index in [4.69, 9.17) is 0 Å². The highest BCUT2D eigenvalue weighted by molar-refractivity contribution is 6.00. The average molecular weight is 479 g/mol. The number of carbonyl (C=O) groups is 1. The molecule has 36 heavy (non-hydrogen) atoms. The molecule has 1 aliphatic heterocycles. The van der Waals surface area contributed by atoms with Crippen LogP contribution in [-0.2, 0) is 4.79 Å². The van der Waals surface area contributed by atoms with Crippen molar-refractivity contribution in [3.8, 4) is 22.6 Å². The molecule has 5 aromatic heterocycles. The molecule has 9 heteroatoms. The summed E-state index contributed by atoms with van der Waals surface area (Å²) in [5, 5.41) is 12.8. The van der Waals surface area contributed by atoms with Gasteiger partial charge >= 0.3 is 0 Å². The molecule has 5 aromatic rings. The van der Waals surface area contributed by atoms with E-state index in [2.05, 4.69) is 46.4 Å². The van der Waals surface area contributed by atoms with Crippen LogP contribution in [0.3, 0.4) is 0 Å². The first-order chi connectivity index (χ1) is 17.7. The van der Waals surface area contributed by atoms with Crippen molar-refractivity contribution < 1.29 is 4.79 Å². The van der Waals surface area contributed by atoms with Gasteiger partial charge in [0.05, 0.1) is 58.6 Å². The molecular weight excluding hydrogens is 452 g/mol. The van der Waals surface area contributed by atoms with Crippen molar-refractivity contribution in [2.75, 3.05) is 23.3 Å². The summed E-state index contributed by atoms with van der Waals surface area (Å²) in [5.74, 6) is 0.199. The normalized spacial score (nSPS) is 16.1. The highest BCUT2D eigenvalue weighted by Gasteiger charge is 2.29. The van der Waals surface area contributed by atoms with Gasteiger partial charge in [0.2, 0.25) is 5.91 Å². The van der Waals surface area contributed by atoms with Crippen LogP contribution in [0.1, 0.15) is 32.1 Å². The second-order valence-electron chi connectivity index (χ2n) is 9.76. The van der Waals surface area contributed by atoms with E-state index in [9.17, 15) is 4.79 Å². The van der Waals surface area contributed by atoms with Gasteiger partial charge in [0.25, 0.3) is 0 Å². The minimum Gasteiger partial charge on any atom is -0.370 e. The van der Waals surface area contributed by atoms with Crippen LogP contribution in [0, 0.1) is 5.92 Å². The number of aromatic nitrogens is 6. The number of nitrogens with one attached hydrogen (secondary N) is 3. The van der Waals surface area contributed by atoms with E-state index in [0.717, 1.165) is 70.4 Å². The van der Waals surface area contributed by atoms with Crippen LogP contribution in [0.5, 0.6) is 0 Å². The summed E-state index contributed by atoms with van der Waals surface area (Å²) in [4.78, 5) is 31.6. The van der Waals surface area contributed by atoms with Gasteiger partial charge in [-0.1, -0.05) is 0 Å². The summed E-state index contributed by atoms with van der Waals surface area (Å²) in [5.41, 5.74) is 7.09. The van der Waals surface area contributed by atoms with Gasteiger partial charge in [0.1, 0.15) is 5.69 Å². The van der Waals surface area contributed by atoms with Crippen molar-refractivity contribution >= 4 is 39.1 Å². The maximum absolute atomic E-state index is 12.2. The molecule has 0 atom stereocenters. The molecule has 1 saturated carbocycles. The quantitative estimate of drug-likeness (QED) is 0.331. The highest BCUT2D eigenvalue weighted by atomic mass is 16.2. The average Bonchev–Trinajstić information content (AvgIpc) is 3.55. The van der Waals surface area contributed by atoms with E-state index in [1.807, 2.05) is 24.5 Å². The summed E-state index contributed by atoms with van der Waals surface area (Å²) >= 11 is 0. The van der Waals surface area contributed by atoms with E-state index in [0.29, 0.717) is 5.69 Å². The summed E-state index contributed by atoms with van der Waals surface area (Å²) in [6.45, 7) is 2.13. The Morgan fingerprint density at radius 2 is 1.78 bits per heavy atom. The maximum atomic E-state index is 12.2. The Hall–Kier alpha value is -4.27. The summed E-state index contributed by atoms with van der Waals surface area (Å²) in [7, 11) is 0. The fraction of sp³-hybridized carbons (Fsp3) is 0.296. The lowest BCUT2D eigenvalue weighted by atomic mass is 10.1. The molecular formula is C27H26N8O. The Morgan fingerprint density at radius 3 is 2.64 bits per heavy atom. The van der Waals surface area contributed by atoms with Crippen LogP contribution in [0.2, 0.25) is 0 Å². The molecule has 0 spiro atoms. The molecule has 7 rings (SSSR count). The predicted molar refractivity (Wildman–Crippen MR) is 140 cm³/mol. The molecule has 1 amide bonds. The van der Waals surface area contributed by atoms with E-state index in [1.54, 1.807) is 18.6 Å². The monoisotopic (exact) mass is 478 g/mol. The standard InChI is InChI=1S/C27H26N8O/c36-27(16-4-5-16)31-18-8-17(11-28-12-18)21-10-20-24(14-30-21)33-34-26(20)22-9-19-23(32-22)13-29-15-25(19)35-6-2-1-3-7-35/h8-16,32H,1-7H2,(H,31,36)(H,33,34). The molecule has 2 aliphatic rings. The molecule has 1 saturated heterocycles. The lowest BCUT2D eigenvalue weighted by Crippen LogP contribution is -2.29. The van der Waals surface area contributed by atoms with E-state index < -0.39 is 0 Å². The molecule has 0 aromatic carbocycles. The van der Waals surface area contributed by atoms with Gasteiger partial charge < -0.3 is 15.2 Å². The van der Waals surface area contributed by atoms with Crippen LogP contribution in [0.15, 0.2) is 49.2 Å². The van der Waals surface area contributed by atoms with Crippen LogP contribution in [-0.4, -0.2) is 49.1 Å². The third-order valence-corrected chi connectivity index (χ3v) is 7.17. The zero-order chi connectivity index (χ0) is 24.1. The molecule has 1 aliphatic carbocycles. The van der Waals surface area contributed by atoms with Gasteiger partial charge in [-0.05, 0) is 50.3 Å². The fourth-order valence-corrected chi connectivity index (χ4v) is 5.07. The number of pyridine rings is 3. The molecule has 0 radical (unpaired) electrons. The van der Waals surface area contributed by atoms with Crippen molar-refractivity contribution in [1.82, 2.24) is 30.1 Å². The lowest BCUT2D eigenvalue weighted by Gasteiger charge is -2.28. The second-order valence-corrected chi connectivity index (χ2v) is 9.76. The third kappa shape index (κ3) is 3.77. The Labute approximate surface area is 207 Å². The third-order valence-electron chi connectivity index (χ3n) is 7.17. The van der Waals surface area contributed by atoms with Crippen molar-refractivity contribution in [2.45, 2.75) is 32.1 Å². The first-order valence-corrected chi connectivity index (χ1v) is 12.6. The van der Waals surface area contributed by atoms with Crippen molar-refractivity contribution in [3.63, 3.8) is 0 Å². The molecule has 2 fully saturated rings. The molecule has 180 valence electrons. The topological polar surface area (TPSA) is 115 Å². The van der Waals surface area contributed by atoms with Crippen molar-refractivity contribution in [1.29, 1.82) is 0 Å². The zero-order valence-electron chi connectivity index (χ0n) is 19.8. The van der Waals surface area contributed by atoms with E-state index in [1.165, 1.54) is 24.9 Å². The SMILES string of the molecule is O=C(Nc1cncc(-c2cc3c(-c4cc5c(N6CCCCC6)cncc5[nH]4)n[nH]c3cn2)c1)C1CC1. The molecule has 9 nitrogen and oxygen atoms in total. The summed E-state index contributed by atoms with van der Waals surface area (Å²) in [6, 6.07) is 6.11. The van der Waals surface area contributed by atoms with Gasteiger partial charge in [-0.15, -0.1) is 0 Å². The number of amides is 1. The number of piperidine rings is 1. The van der Waals surface area contributed by atoms with E-state index in [-0.39, 0.29) is 11.8 Å². The lowest BCUT2D eigenvalue weighted by molar-refractivity contribution is -0.117. The van der Waals surface area contributed by atoms with Crippen LogP contribution in [0.25, 0.3) is 44.5 Å². The number of anilines is 2. The van der Waals surface area contributed by atoms with Gasteiger partial charge in [0, 0.05) is 41.5 Å². The smallest absolute Gasteiger partial charge is 0.227 e. The second kappa shape index (κ2) is 8.44. The van der Waals surface area contributed by atoms with Gasteiger partial charge in [-0.25, -0.2) is 0 Å². The summed E-state index contributed by atoms with van der Waals surface area (Å²) < 4.78 is 0. The molecule has 3 N–H and O–H groups in total. The number of carbonyl (C=O) groups excluding carboxylic acids is 1. The van der Waals surface area contributed by atoms with Crippen molar-refractivity contribution in [2.24, 2.45) is 5.92 Å². The number of aromatic amines is 2. The minimum atomic E-state index is 0.0618. The Kier molecular flexibility index (Phi) is 4.93. The minimum absolute atomic E-state index is 0.0618. The first kappa shape index (κ1) is 21.0. The number of H-pyrrole nitrogens is 2. The molecule has 0 bridgehead atoms. The first-order valence-electron chi connectivity index (χ1n) is 12.6. The van der Waals surface area contributed by atoms with E-state index >= 15 is 0 Å². The number of fused-ring (bicyclic) bond motifs is 2. The Morgan fingerprint density at radius 1 is 0.917 bits per heavy atom. The summed E-state index contributed by atoms with van der Waals surface area (Å²) in [6.07, 6.45) is 14.7. The Balaban J connectivity index is 1.25. The largest absolute Gasteiger partial charge is 0.370 e. The zero-order valence-corrected chi connectivity index (χ0v) is 19.8. The maximum Gasteiger partial charge on any atom is 0.227 e. The predicted octanol–water partition coefficient (Wildman–Crippen LogP) is 4.90. The Bertz CT molecular complexity index is 1590. The number of nitrogens with zero attached hydrogens (tertiary/aromatic N) is 5. The number of hydrogen-bond acceptors (Lipinski definition) is 6. The van der Waals surface area contributed by atoms with Crippen LogP contribution in [0.4, 0.5) is 11.4 Å². The molecule has 6 heterocycles. The van der Waals surface area contributed by atoms with Gasteiger partial charge in [-0.2, -0.15) is 5.10 Å². The number of rotatable bonds is 5. The number of hydrogen-bond donors (Lipinski definition) is 3. The van der Waals surface area contributed by atoms with Crippen molar-refractivity contribution in [3.05, 3.63) is 49.2 Å². The molecule has 0 unspecified atom stereocenters. The van der Waals surface area contributed by atoms with Crippen LogP contribution >= 0.6 is 0 Å². The van der Waals surface area contributed by atoms with Crippen LogP contribution < -0.4 is 10.2 Å². The fourth-order valence-electron chi connectivity index (χ4n) is 5.07. The van der Waals surface area contributed by atoms with Gasteiger partial charge in [0.15, 0.2) is 0 Å².